The third-order valence-electron chi connectivity index (χ3n) is 4.83. The molecule has 4 aromatic rings. The van der Waals surface area contributed by atoms with Gasteiger partial charge in [-0.2, -0.15) is 23.4 Å². The molecule has 12 heteroatoms. The second-order valence-corrected chi connectivity index (χ2v) is 7.28. The average molecular weight is 459 g/mol. The van der Waals surface area contributed by atoms with Gasteiger partial charge in [0.1, 0.15) is 0 Å². The molecular formula is C21H20F3N7O2. The van der Waals surface area contributed by atoms with E-state index in [0.717, 1.165) is 17.6 Å². The van der Waals surface area contributed by atoms with Crippen LogP contribution in [-0.2, 0) is 23.9 Å². The third-order valence-corrected chi connectivity index (χ3v) is 4.83. The molecular weight excluding hydrogens is 439 g/mol. The van der Waals surface area contributed by atoms with E-state index in [-0.39, 0.29) is 24.8 Å². The fourth-order valence-corrected chi connectivity index (χ4v) is 3.22. The summed E-state index contributed by atoms with van der Waals surface area (Å²) in [4.78, 5) is 20.2. The zero-order valence-corrected chi connectivity index (χ0v) is 17.3. The molecule has 172 valence electrons. The largest absolute Gasteiger partial charge is 0.417 e. The number of aromatic nitrogens is 6. The van der Waals surface area contributed by atoms with Crippen molar-refractivity contribution < 1.29 is 23.1 Å². The van der Waals surface area contributed by atoms with Crippen molar-refractivity contribution in [2.24, 2.45) is 0 Å². The van der Waals surface area contributed by atoms with Crippen LogP contribution in [0.4, 0.5) is 13.2 Å². The fraction of sp³-hybridized carbons (Fsp3) is 0.286. The Hall–Kier alpha value is -3.80. The number of nitrogens with zero attached hydrogens (tertiary/aromatic N) is 6. The van der Waals surface area contributed by atoms with E-state index in [1.54, 1.807) is 35.4 Å². The topological polar surface area (TPSA) is 111 Å². The van der Waals surface area contributed by atoms with Crippen LogP contribution in [0.1, 0.15) is 23.4 Å². The van der Waals surface area contributed by atoms with Crippen molar-refractivity contribution in [2.45, 2.75) is 25.6 Å². The van der Waals surface area contributed by atoms with E-state index in [1.165, 1.54) is 10.7 Å². The average Bonchev–Trinajstić information content (AvgIpc) is 3.41. The molecule has 0 bridgehead atoms. The summed E-state index contributed by atoms with van der Waals surface area (Å²) < 4.78 is 41.2. The van der Waals surface area contributed by atoms with Gasteiger partial charge in [0, 0.05) is 43.3 Å². The number of amides is 1. The number of hydrogen-bond donors (Lipinski definition) is 2. The van der Waals surface area contributed by atoms with E-state index in [0.29, 0.717) is 36.4 Å². The molecule has 0 atom stereocenters. The number of hydrogen-bond acceptors (Lipinski definition) is 6. The molecule has 0 radical (unpaired) electrons. The van der Waals surface area contributed by atoms with Gasteiger partial charge >= 0.3 is 6.18 Å². The SMILES string of the molecule is O=C(Cc1nccc2nn(Cc3ccn(-c4ccc(C(F)(F)F)cn4)n3)cc12)NCCCO. The van der Waals surface area contributed by atoms with Gasteiger partial charge in [0.25, 0.3) is 0 Å². The number of carbonyl (C=O) groups excluding carboxylic acids is 1. The van der Waals surface area contributed by atoms with Gasteiger partial charge < -0.3 is 10.4 Å². The Kier molecular flexibility index (Phi) is 6.36. The summed E-state index contributed by atoms with van der Waals surface area (Å²) in [5.74, 6) is 0.0672. The number of alkyl halides is 3. The summed E-state index contributed by atoms with van der Waals surface area (Å²) in [6.45, 7) is 0.705. The Morgan fingerprint density at radius 3 is 2.70 bits per heavy atom. The van der Waals surface area contributed by atoms with Crippen LogP contribution in [0.15, 0.2) is 49.1 Å². The van der Waals surface area contributed by atoms with Crippen molar-refractivity contribution in [3.8, 4) is 5.82 Å². The Bertz CT molecular complexity index is 1250. The molecule has 0 unspecified atom stereocenters. The summed E-state index contributed by atoms with van der Waals surface area (Å²) in [6, 6.07) is 5.67. The first-order valence-corrected chi connectivity index (χ1v) is 10.1. The van der Waals surface area contributed by atoms with Crippen molar-refractivity contribution in [1.82, 2.24) is 34.8 Å². The molecule has 4 heterocycles. The molecule has 4 rings (SSSR count). The first kappa shape index (κ1) is 22.4. The van der Waals surface area contributed by atoms with Crippen molar-refractivity contribution in [1.29, 1.82) is 0 Å². The predicted octanol–water partition coefficient (Wildman–Crippen LogP) is 2.12. The molecule has 2 N–H and O–H groups in total. The monoisotopic (exact) mass is 459 g/mol. The molecule has 0 aromatic carbocycles. The second kappa shape index (κ2) is 9.36. The number of aliphatic hydroxyl groups is 1. The number of nitrogens with one attached hydrogen (secondary N) is 1. The predicted molar refractivity (Wildman–Crippen MR) is 111 cm³/mol. The minimum Gasteiger partial charge on any atom is -0.396 e. The van der Waals surface area contributed by atoms with Crippen molar-refractivity contribution in [3.63, 3.8) is 0 Å². The second-order valence-electron chi connectivity index (χ2n) is 7.28. The molecule has 9 nitrogen and oxygen atoms in total. The number of carbonyl (C=O) groups is 1. The maximum atomic E-state index is 12.7. The number of aliphatic hydroxyl groups excluding tert-OH is 1. The van der Waals surface area contributed by atoms with Gasteiger partial charge in [-0.15, -0.1) is 0 Å². The Balaban J connectivity index is 1.47. The molecule has 0 aliphatic heterocycles. The Labute approximate surface area is 185 Å². The lowest BCUT2D eigenvalue weighted by Crippen LogP contribution is -2.26. The van der Waals surface area contributed by atoms with Gasteiger partial charge in [-0.3, -0.25) is 14.5 Å². The molecule has 4 aromatic heterocycles. The summed E-state index contributed by atoms with van der Waals surface area (Å²) in [5.41, 5.74) is 1.06. The highest BCUT2D eigenvalue weighted by molar-refractivity contribution is 5.86. The van der Waals surface area contributed by atoms with E-state index in [2.05, 4.69) is 25.5 Å². The van der Waals surface area contributed by atoms with Crippen molar-refractivity contribution in [3.05, 3.63) is 66.0 Å². The molecule has 0 spiro atoms. The normalized spacial score (nSPS) is 11.8. The Morgan fingerprint density at radius 1 is 1.12 bits per heavy atom. The number of pyridine rings is 2. The van der Waals surface area contributed by atoms with E-state index in [9.17, 15) is 18.0 Å². The standard InChI is InChI=1S/C21H20F3N7O2/c22-21(23,24)14-2-3-19(27-11-14)31-8-5-15(28-31)12-30-13-16-17(29-30)4-7-25-18(16)10-20(33)26-6-1-9-32/h2-5,7-8,11,13,32H,1,6,9-10,12H2,(H,26,33). The highest BCUT2D eigenvalue weighted by Crippen LogP contribution is 2.28. The van der Waals surface area contributed by atoms with Crippen LogP contribution in [0, 0.1) is 0 Å². The van der Waals surface area contributed by atoms with Crippen LogP contribution in [0.3, 0.4) is 0 Å². The molecule has 0 saturated carbocycles. The fourth-order valence-electron chi connectivity index (χ4n) is 3.22. The first-order valence-electron chi connectivity index (χ1n) is 10.1. The zero-order valence-electron chi connectivity index (χ0n) is 17.3. The third kappa shape index (κ3) is 5.34. The van der Waals surface area contributed by atoms with Gasteiger partial charge in [-0.25, -0.2) is 9.67 Å². The summed E-state index contributed by atoms with van der Waals surface area (Å²) >= 11 is 0. The number of fused-ring (bicyclic) bond motifs is 1. The number of halogens is 3. The highest BCUT2D eigenvalue weighted by atomic mass is 19.4. The van der Waals surface area contributed by atoms with Gasteiger partial charge in [0.2, 0.25) is 5.91 Å². The summed E-state index contributed by atoms with van der Waals surface area (Å²) in [7, 11) is 0. The lowest BCUT2D eigenvalue weighted by Gasteiger charge is -2.06. The van der Waals surface area contributed by atoms with E-state index >= 15 is 0 Å². The maximum Gasteiger partial charge on any atom is 0.417 e. The first-order chi connectivity index (χ1) is 15.8. The van der Waals surface area contributed by atoms with Crippen LogP contribution in [0.25, 0.3) is 16.7 Å². The minimum absolute atomic E-state index is 0.00553. The van der Waals surface area contributed by atoms with E-state index in [4.69, 9.17) is 5.11 Å². The van der Waals surface area contributed by atoms with Crippen LogP contribution in [0.2, 0.25) is 0 Å². The lowest BCUT2D eigenvalue weighted by atomic mass is 10.2. The summed E-state index contributed by atoms with van der Waals surface area (Å²) in [5, 5.41) is 21.1. The van der Waals surface area contributed by atoms with Crippen molar-refractivity contribution in [2.75, 3.05) is 13.2 Å². The van der Waals surface area contributed by atoms with Gasteiger partial charge in [0.15, 0.2) is 5.82 Å². The van der Waals surface area contributed by atoms with Crippen molar-refractivity contribution >= 4 is 16.8 Å². The molecule has 0 fully saturated rings. The van der Waals surface area contributed by atoms with E-state index in [1.807, 2.05) is 0 Å². The Morgan fingerprint density at radius 2 is 1.97 bits per heavy atom. The van der Waals surface area contributed by atoms with Crippen LogP contribution >= 0.6 is 0 Å². The molecule has 1 amide bonds. The van der Waals surface area contributed by atoms with E-state index < -0.39 is 11.7 Å². The molecule has 0 saturated heterocycles. The smallest absolute Gasteiger partial charge is 0.396 e. The molecule has 0 aliphatic carbocycles. The van der Waals surface area contributed by atoms with Gasteiger partial charge in [-0.1, -0.05) is 0 Å². The van der Waals surface area contributed by atoms with Crippen LogP contribution < -0.4 is 5.32 Å². The zero-order chi connectivity index (χ0) is 23.4. The van der Waals surface area contributed by atoms with Gasteiger partial charge in [0.05, 0.1) is 35.4 Å². The van der Waals surface area contributed by atoms with Crippen LogP contribution in [0.5, 0.6) is 0 Å². The minimum atomic E-state index is -4.45. The van der Waals surface area contributed by atoms with Gasteiger partial charge in [-0.05, 0) is 30.7 Å². The van der Waals surface area contributed by atoms with Crippen LogP contribution in [-0.4, -0.2) is 53.7 Å². The summed E-state index contributed by atoms with van der Waals surface area (Å²) in [6.07, 6.45) is 1.85. The molecule has 0 aliphatic rings. The quantitative estimate of drug-likeness (QED) is 0.391. The lowest BCUT2D eigenvalue weighted by molar-refractivity contribution is -0.137. The highest BCUT2D eigenvalue weighted by Gasteiger charge is 2.30. The number of rotatable bonds is 8. The maximum absolute atomic E-state index is 12.7. The molecule has 33 heavy (non-hydrogen) atoms.